The molecule has 130 valence electrons. The molecule has 0 unspecified atom stereocenters. The molecule has 0 aliphatic heterocycles. The number of benzene rings is 2. The lowest BCUT2D eigenvalue weighted by Crippen LogP contribution is -2.12. The van der Waals surface area contributed by atoms with Crippen molar-refractivity contribution in [2.45, 2.75) is 12.7 Å². The summed E-state index contributed by atoms with van der Waals surface area (Å²) in [5.41, 5.74) is -1.01. The van der Waals surface area contributed by atoms with Gasteiger partial charge in [0.2, 0.25) is 0 Å². The Labute approximate surface area is 140 Å². The molecule has 0 bridgehead atoms. The summed E-state index contributed by atoms with van der Waals surface area (Å²) in [5, 5.41) is 22.5. The highest BCUT2D eigenvalue weighted by atomic mass is 19.4. The number of anilines is 1. The van der Waals surface area contributed by atoms with Gasteiger partial charge in [-0.3, -0.25) is 10.1 Å². The van der Waals surface area contributed by atoms with Gasteiger partial charge in [0.05, 0.1) is 28.8 Å². The molecule has 0 heterocycles. The number of methoxy groups -OCH3 is 1. The minimum Gasteiger partial charge on any atom is -0.497 e. The first-order chi connectivity index (χ1) is 11.8. The summed E-state index contributed by atoms with van der Waals surface area (Å²) in [6.07, 6.45) is -4.57. The molecular weight excluding hydrogens is 339 g/mol. The van der Waals surface area contributed by atoms with E-state index in [1.165, 1.54) is 31.4 Å². The summed E-state index contributed by atoms with van der Waals surface area (Å²) in [4.78, 5) is 10.1. The summed E-state index contributed by atoms with van der Waals surface area (Å²) in [5.74, 6) is 0.0733. The van der Waals surface area contributed by atoms with Crippen molar-refractivity contribution in [2.75, 3.05) is 12.4 Å². The van der Waals surface area contributed by atoms with Crippen molar-refractivity contribution in [3.05, 3.63) is 63.2 Å². The molecule has 0 aliphatic carbocycles. The molecule has 2 aromatic rings. The molecule has 0 fully saturated rings. The maximum Gasteiger partial charge on any atom is 0.416 e. The largest absolute Gasteiger partial charge is 0.497 e. The fourth-order valence-electron chi connectivity index (χ4n) is 2.18. The monoisotopic (exact) mass is 351 g/mol. The highest BCUT2D eigenvalue weighted by Gasteiger charge is 2.33. The second kappa shape index (κ2) is 7.09. The van der Waals surface area contributed by atoms with Gasteiger partial charge in [0.15, 0.2) is 0 Å². The first-order valence-electron chi connectivity index (χ1n) is 6.92. The topological polar surface area (TPSA) is 88.2 Å². The number of alkyl halides is 3. The Hall–Kier alpha value is -3.28. The van der Waals surface area contributed by atoms with E-state index >= 15 is 0 Å². The molecule has 0 aliphatic rings. The van der Waals surface area contributed by atoms with Crippen LogP contribution in [0, 0.1) is 21.4 Å². The summed E-state index contributed by atoms with van der Waals surface area (Å²) in [6, 6.07) is 8.84. The lowest BCUT2D eigenvalue weighted by atomic mass is 10.1. The number of hydrogen-bond acceptors (Lipinski definition) is 5. The number of nitro benzene ring substituents is 1. The zero-order valence-corrected chi connectivity index (χ0v) is 12.9. The number of hydrogen-bond donors (Lipinski definition) is 1. The normalized spacial score (nSPS) is 10.8. The average Bonchev–Trinajstić information content (AvgIpc) is 2.58. The van der Waals surface area contributed by atoms with E-state index in [1.807, 2.05) is 0 Å². The van der Waals surface area contributed by atoms with E-state index in [2.05, 4.69) is 5.32 Å². The van der Waals surface area contributed by atoms with Crippen molar-refractivity contribution in [1.29, 1.82) is 5.26 Å². The van der Waals surface area contributed by atoms with Gasteiger partial charge in [-0.15, -0.1) is 0 Å². The standard InChI is InChI=1S/C16H12F3N3O3/c1-25-13-4-2-10(14(7-13)16(17,18)19)9-21-15-5-3-12(22(23)24)6-11(15)8-20/h2-7,21H,9H2,1H3. The zero-order chi connectivity index (χ0) is 18.6. The Morgan fingerprint density at radius 2 is 2.00 bits per heavy atom. The van der Waals surface area contributed by atoms with Crippen LogP contribution in [0.3, 0.4) is 0 Å². The van der Waals surface area contributed by atoms with Gasteiger partial charge in [-0.25, -0.2) is 0 Å². The second-order valence-corrected chi connectivity index (χ2v) is 4.97. The first kappa shape index (κ1) is 18.1. The number of halogens is 3. The van der Waals surface area contributed by atoms with Crippen LogP contribution in [0.25, 0.3) is 0 Å². The third-order valence-corrected chi connectivity index (χ3v) is 3.43. The maximum atomic E-state index is 13.2. The lowest BCUT2D eigenvalue weighted by molar-refractivity contribution is -0.384. The third-order valence-electron chi connectivity index (χ3n) is 3.43. The molecule has 9 heteroatoms. The van der Waals surface area contributed by atoms with E-state index in [-0.39, 0.29) is 34.8 Å². The van der Waals surface area contributed by atoms with Crippen molar-refractivity contribution in [3.63, 3.8) is 0 Å². The highest BCUT2D eigenvalue weighted by molar-refractivity contribution is 5.61. The molecule has 0 atom stereocenters. The summed E-state index contributed by atoms with van der Waals surface area (Å²) in [7, 11) is 1.27. The van der Waals surface area contributed by atoms with Gasteiger partial charge in [-0.1, -0.05) is 6.07 Å². The number of nitro groups is 1. The van der Waals surface area contributed by atoms with Gasteiger partial charge in [0.1, 0.15) is 11.8 Å². The SMILES string of the molecule is COc1ccc(CNc2ccc([N+](=O)[O-])cc2C#N)c(C(F)(F)F)c1. The molecule has 0 radical (unpaired) electrons. The summed E-state index contributed by atoms with van der Waals surface area (Å²) >= 11 is 0. The van der Waals surface area contributed by atoms with Crippen LogP contribution in [0.4, 0.5) is 24.5 Å². The van der Waals surface area contributed by atoms with E-state index in [0.29, 0.717) is 0 Å². The van der Waals surface area contributed by atoms with Gasteiger partial charge >= 0.3 is 6.18 Å². The van der Waals surface area contributed by atoms with E-state index < -0.39 is 16.7 Å². The van der Waals surface area contributed by atoms with Gasteiger partial charge in [0, 0.05) is 18.7 Å². The molecule has 0 saturated heterocycles. The number of non-ortho nitro benzene ring substituents is 1. The van der Waals surface area contributed by atoms with E-state index in [4.69, 9.17) is 10.00 Å². The third kappa shape index (κ3) is 4.17. The maximum absolute atomic E-state index is 13.2. The van der Waals surface area contributed by atoms with E-state index in [0.717, 1.165) is 12.1 Å². The number of nitrogens with zero attached hydrogens (tertiary/aromatic N) is 2. The van der Waals surface area contributed by atoms with E-state index in [9.17, 15) is 23.3 Å². The number of ether oxygens (including phenoxy) is 1. The molecule has 0 spiro atoms. The van der Waals surface area contributed by atoms with Gasteiger partial charge in [0.25, 0.3) is 5.69 Å². The number of rotatable bonds is 5. The lowest BCUT2D eigenvalue weighted by Gasteiger charge is -2.15. The van der Waals surface area contributed by atoms with Crippen molar-refractivity contribution >= 4 is 11.4 Å². The van der Waals surface area contributed by atoms with Crippen LogP contribution in [0.2, 0.25) is 0 Å². The van der Waals surface area contributed by atoms with Crippen LogP contribution < -0.4 is 10.1 Å². The molecule has 2 rings (SSSR count). The minimum atomic E-state index is -4.57. The Kier molecular flexibility index (Phi) is 5.12. The predicted octanol–water partition coefficient (Wildman–Crippen LogP) is 4.11. The van der Waals surface area contributed by atoms with Crippen molar-refractivity contribution < 1.29 is 22.8 Å². The molecular formula is C16H12F3N3O3. The predicted molar refractivity (Wildman–Crippen MR) is 83.1 cm³/mol. The Morgan fingerprint density at radius 3 is 2.56 bits per heavy atom. The van der Waals surface area contributed by atoms with Crippen LogP contribution in [0.5, 0.6) is 5.75 Å². The first-order valence-corrected chi connectivity index (χ1v) is 6.92. The highest BCUT2D eigenvalue weighted by Crippen LogP contribution is 2.35. The second-order valence-electron chi connectivity index (χ2n) is 4.97. The van der Waals surface area contributed by atoms with Crippen LogP contribution in [0.1, 0.15) is 16.7 Å². The Balaban J connectivity index is 2.30. The molecule has 0 aromatic heterocycles. The molecule has 2 aromatic carbocycles. The van der Waals surface area contributed by atoms with Crippen molar-refractivity contribution in [3.8, 4) is 11.8 Å². The number of nitrogens with one attached hydrogen (secondary N) is 1. The fraction of sp³-hybridized carbons (Fsp3) is 0.188. The summed E-state index contributed by atoms with van der Waals surface area (Å²) in [6.45, 7) is -0.217. The van der Waals surface area contributed by atoms with Gasteiger partial charge in [-0.05, 0) is 23.8 Å². The quantitative estimate of drug-likeness (QED) is 0.647. The molecule has 1 N–H and O–H groups in total. The van der Waals surface area contributed by atoms with Crippen LogP contribution in [-0.2, 0) is 12.7 Å². The smallest absolute Gasteiger partial charge is 0.416 e. The molecule has 0 saturated carbocycles. The minimum absolute atomic E-state index is 0.0312. The van der Waals surface area contributed by atoms with Crippen molar-refractivity contribution in [1.82, 2.24) is 0 Å². The fourth-order valence-corrected chi connectivity index (χ4v) is 2.18. The molecule has 6 nitrogen and oxygen atoms in total. The Bertz CT molecular complexity index is 845. The number of nitriles is 1. The van der Waals surface area contributed by atoms with Gasteiger partial charge in [-0.2, -0.15) is 18.4 Å². The van der Waals surface area contributed by atoms with Crippen LogP contribution in [0.15, 0.2) is 36.4 Å². The summed E-state index contributed by atoms with van der Waals surface area (Å²) < 4.78 is 44.3. The van der Waals surface area contributed by atoms with Crippen LogP contribution in [-0.4, -0.2) is 12.0 Å². The van der Waals surface area contributed by atoms with Crippen molar-refractivity contribution in [2.24, 2.45) is 0 Å². The van der Waals surface area contributed by atoms with Gasteiger partial charge < -0.3 is 10.1 Å². The Morgan fingerprint density at radius 1 is 1.28 bits per heavy atom. The molecule has 0 amide bonds. The molecule has 25 heavy (non-hydrogen) atoms. The zero-order valence-electron chi connectivity index (χ0n) is 12.9. The van der Waals surface area contributed by atoms with E-state index in [1.54, 1.807) is 6.07 Å². The average molecular weight is 351 g/mol. The van der Waals surface area contributed by atoms with Crippen LogP contribution >= 0.6 is 0 Å².